The Morgan fingerprint density at radius 3 is 2.47 bits per heavy atom. The maximum atomic E-state index is 15.0. The van der Waals surface area contributed by atoms with Crippen LogP contribution in [0.5, 0.6) is 0 Å². The van der Waals surface area contributed by atoms with Crippen LogP contribution in [0.15, 0.2) is 60.7 Å². The molecule has 1 aliphatic heterocycles. The summed E-state index contributed by atoms with van der Waals surface area (Å²) in [7, 11) is 0. The lowest BCUT2D eigenvalue weighted by molar-refractivity contribution is -0.122. The first-order chi connectivity index (χ1) is 15.3. The molecular formula is C25H22Cl2F2N2O. The molecule has 0 aromatic heterocycles. The van der Waals surface area contributed by atoms with E-state index in [4.69, 9.17) is 23.2 Å². The van der Waals surface area contributed by atoms with Crippen LogP contribution in [0, 0.1) is 24.5 Å². The van der Waals surface area contributed by atoms with Crippen molar-refractivity contribution in [3.63, 3.8) is 0 Å². The van der Waals surface area contributed by atoms with Gasteiger partial charge in [-0.25, -0.2) is 8.78 Å². The minimum absolute atomic E-state index is 0.169. The molecule has 0 bridgehead atoms. The number of carbonyl (C=O) groups excluding carboxylic acids is 1. The summed E-state index contributed by atoms with van der Waals surface area (Å²) in [4.78, 5) is 13.6. The molecule has 0 unspecified atom stereocenters. The van der Waals surface area contributed by atoms with Crippen molar-refractivity contribution in [3.05, 3.63) is 99.0 Å². The van der Waals surface area contributed by atoms with Crippen molar-refractivity contribution in [1.82, 2.24) is 5.32 Å². The zero-order valence-electron chi connectivity index (χ0n) is 17.3. The number of halogens is 4. The van der Waals surface area contributed by atoms with E-state index < -0.39 is 23.6 Å². The predicted molar refractivity (Wildman–Crippen MR) is 124 cm³/mol. The van der Waals surface area contributed by atoms with E-state index in [1.54, 1.807) is 37.3 Å². The Labute approximate surface area is 195 Å². The van der Waals surface area contributed by atoms with Crippen LogP contribution in [0.2, 0.25) is 10.0 Å². The molecule has 3 aromatic rings. The average molecular weight is 475 g/mol. The van der Waals surface area contributed by atoms with Crippen LogP contribution in [-0.2, 0) is 4.79 Å². The fourth-order valence-corrected chi connectivity index (χ4v) is 4.89. The largest absolute Gasteiger partial charge is 0.326 e. The van der Waals surface area contributed by atoms with E-state index in [-0.39, 0.29) is 17.4 Å². The molecular weight excluding hydrogens is 453 g/mol. The van der Waals surface area contributed by atoms with E-state index in [1.807, 2.05) is 18.2 Å². The first-order valence-electron chi connectivity index (χ1n) is 10.3. The van der Waals surface area contributed by atoms with Gasteiger partial charge in [0.15, 0.2) is 11.6 Å². The second-order valence-electron chi connectivity index (χ2n) is 8.00. The quantitative estimate of drug-likeness (QED) is 0.444. The molecule has 32 heavy (non-hydrogen) atoms. The molecule has 1 amide bonds. The standard InChI is InChI=1S/C25H22Cl2F2N2O/c1-14-8-9-20(28)23(29)21(14)24-22(25(32)31-18-7-3-6-17(27)13-18)19(10-11-30-24)15-4-2-5-16(26)12-15/h2-9,12-13,19,22,24,30H,10-11H2,1H3,(H,31,32)/t19-,22-,24+/m0/s1. The molecule has 1 fully saturated rings. The SMILES string of the molecule is Cc1ccc(F)c(F)c1[C@H]1NCC[C@@H](c2cccc(Cl)c2)[C@@H]1C(=O)Nc1cccc(Cl)c1. The molecule has 1 aliphatic rings. The summed E-state index contributed by atoms with van der Waals surface area (Å²) in [6.07, 6.45) is 0.639. The van der Waals surface area contributed by atoms with Gasteiger partial charge in [0.25, 0.3) is 0 Å². The van der Waals surface area contributed by atoms with Gasteiger partial charge in [-0.05, 0) is 73.3 Å². The highest BCUT2D eigenvalue weighted by molar-refractivity contribution is 6.31. The van der Waals surface area contributed by atoms with Crippen LogP contribution in [0.1, 0.15) is 35.1 Å². The van der Waals surface area contributed by atoms with E-state index in [0.717, 1.165) is 11.6 Å². The van der Waals surface area contributed by atoms with Crippen molar-refractivity contribution in [2.75, 3.05) is 11.9 Å². The van der Waals surface area contributed by atoms with Gasteiger partial charge in [0.1, 0.15) is 0 Å². The van der Waals surface area contributed by atoms with Gasteiger partial charge in [-0.2, -0.15) is 0 Å². The minimum Gasteiger partial charge on any atom is -0.326 e. The molecule has 0 aliphatic carbocycles. The highest BCUT2D eigenvalue weighted by atomic mass is 35.5. The van der Waals surface area contributed by atoms with Crippen molar-refractivity contribution in [3.8, 4) is 0 Å². The number of anilines is 1. The lowest BCUT2D eigenvalue weighted by atomic mass is 9.73. The summed E-state index contributed by atoms with van der Waals surface area (Å²) in [6.45, 7) is 2.26. The van der Waals surface area contributed by atoms with Crippen LogP contribution in [0.3, 0.4) is 0 Å². The summed E-state index contributed by atoms with van der Waals surface area (Å²) in [6, 6.07) is 16.1. The van der Waals surface area contributed by atoms with Crippen molar-refractivity contribution in [2.45, 2.75) is 25.3 Å². The van der Waals surface area contributed by atoms with E-state index >= 15 is 0 Å². The Hall–Kier alpha value is -2.47. The fourth-order valence-electron chi connectivity index (χ4n) is 4.50. The number of aryl methyl sites for hydroxylation is 1. The van der Waals surface area contributed by atoms with Gasteiger partial charge >= 0.3 is 0 Å². The first kappa shape index (κ1) is 22.7. The maximum absolute atomic E-state index is 15.0. The molecule has 0 spiro atoms. The van der Waals surface area contributed by atoms with Gasteiger partial charge in [0.05, 0.1) is 5.92 Å². The maximum Gasteiger partial charge on any atom is 0.230 e. The zero-order chi connectivity index (χ0) is 22.8. The molecule has 4 rings (SSSR count). The smallest absolute Gasteiger partial charge is 0.230 e. The van der Waals surface area contributed by atoms with Gasteiger partial charge in [0, 0.05) is 27.3 Å². The molecule has 2 N–H and O–H groups in total. The third-order valence-electron chi connectivity index (χ3n) is 5.95. The monoisotopic (exact) mass is 474 g/mol. The van der Waals surface area contributed by atoms with Crippen molar-refractivity contribution in [2.24, 2.45) is 5.92 Å². The second-order valence-corrected chi connectivity index (χ2v) is 8.87. The van der Waals surface area contributed by atoms with Crippen LogP contribution in [-0.4, -0.2) is 12.5 Å². The van der Waals surface area contributed by atoms with Crippen LogP contribution in [0.25, 0.3) is 0 Å². The van der Waals surface area contributed by atoms with Gasteiger partial charge in [-0.1, -0.05) is 47.5 Å². The Bertz CT molecular complexity index is 1150. The Kier molecular flexibility index (Phi) is 6.79. The van der Waals surface area contributed by atoms with E-state index in [9.17, 15) is 13.6 Å². The molecule has 3 nitrogen and oxygen atoms in total. The van der Waals surface area contributed by atoms with Gasteiger partial charge < -0.3 is 10.6 Å². The highest BCUT2D eigenvalue weighted by Crippen LogP contribution is 2.43. The topological polar surface area (TPSA) is 41.1 Å². The molecule has 0 saturated carbocycles. The highest BCUT2D eigenvalue weighted by Gasteiger charge is 2.42. The number of hydrogen-bond acceptors (Lipinski definition) is 2. The Morgan fingerprint density at radius 2 is 1.75 bits per heavy atom. The first-order valence-corrected chi connectivity index (χ1v) is 11.1. The van der Waals surface area contributed by atoms with Gasteiger partial charge in [-0.15, -0.1) is 0 Å². The molecule has 3 aromatic carbocycles. The summed E-state index contributed by atoms with van der Waals surface area (Å²) >= 11 is 12.3. The molecule has 3 atom stereocenters. The number of rotatable bonds is 4. The number of carbonyl (C=O) groups is 1. The number of amides is 1. The number of piperidine rings is 1. The summed E-state index contributed by atoms with van der Waals surface area (Å²) in [5, 5.41) is 7.21. The third-order valence-corrected chi connectivity index (χ3v) is 6.42. The van der Waals surface area contributed by atoms with Crippen molar-refractivity contribution >= 4 is 34.8 Å². The normalized spacial score (nSPS) is 20.7. The zero-order valence-corrected chi connectivity index (χ0v) is 18.9. The predicted octanol–water partition coefficient (Wildman–Crippen LogP) is 6.65. The second kappa shape index (κ2) is 9.57. The summed E-state index contributed by atoms with van der Waals surface area (Å²) in [5.74, 6) is -3.14. The minimum atomic E-state index is -0.939. The van der Waals surface area contributed by atoms with Gasteiger partial charge in [-0.3, -0.25) is 4.79 Å². The average Bonchev–Trinajstić information content (AvgIpc) is 2.76. The third kappa shape index (κ3) is 4.65. The Morgan fingerprint density at radius 1 is 1.03 bits per heavy atom. The summed E-state index contributed by atoms with van der Waals surface area (Å²) < 4.78 is 29.1. The molecule has 166 valence electrons. The number of hydrogen-bond donors (Lipinski definition) is 2. The van der Waals surface area contributed by atoms with Crippen LogP contribution in [0.4, 0.5) is 14.5 Å². The Balaban J connectivity index is 1.79. The van der Waals surface area contributed by atoms with Crippen LogP contribution >= 0.6 is 23.2 Å². The lowest BCUT2D eigenvalue weighted by Gasteiger charge is -2.39. The number of nitrogens with one attached hydrogen (secondary N) is 2. The molecule has 1 saturated heterocycles. The van der Waals surface area contributed by atoms with Crippen molar-refractivity contribution < 1.29 is 13.6 Å². The van der Waals surface area contributed by atoms with E-state index in [2.05, 4.69) is 10.6 Å². The van der Waals surface area contributed by atoms with Gasteiger partial charge in [0.2, 0.25) is 5.91 Å². The number of benzene rings is 3. The molecule has 7 heteroatoms. The van der Waals surface area contributed by atoms with E-state index in [0.29, 0.717) is 34.3 Å². The van der Waals surface area contributed by atoms with E-state index in [1.165, 1.54) is 6.07 Å². The molecule has 0 radical (unpaired) electrons. The van der Waals surface area contributed by atoms with Crippen molar-refractivity contribution in [1.29, 1.82) is 0 Å². The van der Waals surface area contributed by atoms with Crippen LogP contribution < -0.4 is 10.6 Å². The lowest BCUT2D eigenvalue weighted by Crippen LogP contribution is -2.45. The fraction of sp³-hybridized carbons (Fsp3) is 0.240. The molecule has 1 heterocycles. The summed E-state index contributed by atoms with van der Waals surface area (Å²) in [5.41, 5.74) is 2.16.